The van der Waals surface area contributed by atoms with Crippen molar-refractivity contribution in [1.82, 2.24) is 4.90 Å². The lowest BCUT2D eigenvalue weighted by molar-refractivity contribution is 0.0294. The Morgan fingerprint density at radius 1 is 1.19 bits per heavy atom. The first-order chi connectivity index (χ1) is 14.7. The molecule has 31 heavy (non-hydrogen) atoms. The second-order valence-electron chi connectivity index (χ2n) is 9.22. The number of amides is 1. The van der Waals surface area contributed by atoms with E-state index in [9.17, 15) is 4.79 Å². The van der Waals surface area contributed by atoms with Gasteiger partial charge in [0.05, 0.1) is 11.4 Å². The Kier molecular flexibility index (Phi) is 6.98. The zero-order chi connectivity index (χ0) is 22.6. The van der Waals surface area contributed by atoms with Crippen LogP contribution in [0.4, 0.5) is 16.2 Å². The zero-order valence-corrected chi connectivity index (χ0v) is 19.4. The number of carbonyl (C=O) groups excluding carboxylic acids is 1. The van der Waals surface area contributed by atoms with Gasteiger partial charge in [0.1, 0.15) is 17.1 Å². The molecular weight excluding hydrogens is 390 g/mol. The summed E-state index contributed by atoms with van der Waals surface area (Å²) in [6.45, 7) is 9.29. The highest BCUT2D eigenvalue weighted by Gasteiger charge is 2.29. The molecule has 1 amide bonds. The van der Waals surface area contributed by atoms with Crippen molar-refractivity contribution in [2.45, 2.75) is 58.6 Å². The molecule has 0 saturated carbocycles. The monoisotopic (exact) mass is 425 g/mol. The normalized spacial score (nSPS) is 16.3. The lowest BCUT2D eigenvalue weighted by atomic mass is 10.1. The lowest BCUT2D eigenvalue weighted by Crippen LogP contribution is -2.38. The Labute approximate surface area is 185 Å². The molecule has 1 saturated heterocycles. The Hall–Kier alpha value is -2.89. The van der Waals surface area contributed by atoms with Crippen LogP contribution in [0.1, 0.15) is 45.6 Å². The number of para-hydroxylation sites is 1. The number of hydrogen-bond acceptors (Lipinski definition) is 5. The number of nitrogens with zero attached hydrogens (tertiary/aromatic N) is 2. The highest BCUT2D eigenvalue weighted by atomic mass is 16.6. The Morgan fingerprint density at radius 2 is 1.90 bits per heavy atom. The van der Waals surface area contributed by atoms with Crippen molar-refractivity contribution in [3.05, 3.63) is 48.0 Å². The standard InChI is InChI=1S/C25H35N3O3/c1-18-22(30-20-11-7-6-8-12-20)14-13-21(26)23(18)28-16-9-10-19(28)15-17-27(5)24(29)31-25(2,3)4/h6-8,11-14,19H,9-10,15-17,26H2,1-5H3/t19-/m1/s1. The predicted molar refractivity (Wildman–Crippen MR) is 126 cm³/mol. The smallest absolute Gasteiger partial charge is 0.410 e. The van der Waals surface area contributed by atoms with E-state index in [-0.39, 0.29) is 6.09 Å². The Bertz CT molecular complexity index is 893. The van der Waals surface area contributed by atoms with Crippen LogP contribution in [0, 0.1) is 6.92 Å². The molecule has 1 aliphatic heterocycles. The summed E-state index contributed by atoms with van der Waals surface area (Å²) in [6.07, 6.45) is 2.75. The molecule has 0 aromatic heterocycles. The summed E-state index contributed by atoms with van der Waals surface area (Å²) >= 11 is 0. The van der Waals surface area contributed by atoms with E-state index in [1.54, 1.807) is 11.9 Å². The molecule has 2 aromatic carbocycles. The van der Waals surface area contributed by atoms with Gasteiger partial charge in [0.25, 0.3) is 0 Å². The summed E-state index contributed by atoms with van der Waals surface area (Å²) in [4.78, 5) is 16.3. The van der Waals surface area contributed by atoms with Crippen molar-refractivity contribution in [2.75, 3.05) is 30.8 Å². The van der Waals surface area contributed by atoms with Gasteiger partial charge >= 0.3 is 6.09 Å². The molecule has 0 unspecified atom stereocenters. The molecule has 1 fully saturated rings. The summed E-state index contributed by atoms with van der Waals surface area (Å²) in [5.74, 6) is 1.62. The number of carbonyl (C=O) groups is 1. The molecule has 0 spiro atoms. The number of benzene rings is 2. The predicted octanol–water partition coefficient (Wildman–Crippen LogP) is 5.60. The molecule has 0 bridgehead atoms. The molecule has 1 heterocycles. The summed E-state index contributed by atoms with van der Waals surface area (Å²) in [7, 11) is 1.79. The van der Waals surface area contributed by atoms with Crippen molar-refractivity contribution >= 4 is 17.5 Å². The lowest BCUT2D eigenvalue weighted by Gasteiger charge is -2.31. The van der Waals surface area contributed by atoms with Gasteiger partial charge in [-0.1, -0.05) is 18.2 Å². The summed E-state index contributed by atoms with van der Waals surface area (Å²) in [5.41, 5.74) is 8.76. The first-order valence-electron chi connectivity index (χ1n) is 11.0. The topological polar surface area (TPSA) is 68.0 Å². The molecule has 6 nitrogen and oxygen atoms in total. The molecule has 2 aromatic rings. The van der Waals surface area contributed by atoms with Crippen LogP contribution in [-0.4, -0.2) is 42.8 Å². The molecular formula is C25H35N3O3. The summed E-state index contributed by atoms with van der Waals surface area (Å²) in [6, 6.07) is 13.9. The first kappa shape index (κ1) is 22.8. The van der Waals surface area contributed by atoms with Crippen molar-refractivity contribution in [1.29, 1.82) is 0 Å². The SMILES string of the molecule is Cc1c(Oc2ccccc2)ccc(N)c1N1CCC[C@@H]1CCN(C)C(=O)OC(C)(C)C. The van der Waals surface area contributed by atoms with E-state index >= 15 is 0 Å². The van der Waals surface area contributed by atoms with Crippen molar-refractivity contribution in [2.24, 2.45) is 0 Å². The third-order valence-electron chi connectivity index (χ3n) is 5.55. The Morgan fingerprint density at radius 3 is 2.58 bits per heavy atom. The van der Waals surface area contributed by atoms with Gasteiger partial charge in [-0.3, -0.25) is 0 Å². The fourth-order valence-corrected chi connectivity index (χ4v) is 4.01. The third-order valence-corrected chi connectivity index (χ3v) is 5.55. The fourth-order valence-electron chi connectivity index (χ4n) is 4.01. The average Bonchev–Trinajstić information content (AvgIpc) is 3.16. The first-order valence-corrected chi connectivity index (χ1v) is 11.0. The van der Waals surface area contributed by atoms with E-state index in [2.05, 4.69) is 11.8 Å². The van der Waals surface area contributed by atoms with E-state index < -0.39 is 5.60 Å². The number of ether oxygens (including phenoxy) is 2. The van der Waals surface area contributed by atoms with Crippen LogP contribution < -0.4 is 15.4 Å². The number of nitrogen functional groups attached to an aromatic ring is 1. The van der Waals surface area contributed by atoms with Crippen LogP contribution in [0.15, 0.2) is 42.5 Å². The molecule has 168 valence electrons. The van der Waals surface area contributed by atoms with Gasteiger partial charge in [-0.25, -0.2) is 4.79 Å². The van der Waals surface area contributed by atoms with Gasteiger partial charge in [-0.05, 0) is 71.2 Å². The van der Waals surface area contributed by atoms with Crippen LogP contribution in [0.25, 0.3) is 0 Å². The third kappa shape index (κ3) is 5.84. The van der Waals surface area contributed by atoms with Gasteiger partial charge in [0, 0.05) is 31.7 Å². The van der Waals surface area contributed by atoms with Gasteiger partial charge in [-0.2, -0.15) is 0 Å². The highest BCUT2D eigenvalue weighted by molar-refractivity contribution is 5.75. The maximum atomic E-state index is 12.3. The summed E-state index contributed by atoms with van der Waals surface area (Å²) < 4.78 is 11.6. The van der Waals surface area contributed by atoms with Gasteiger partial charge in [0.2, 0.25) is 0 Å². The number of rotatable bonds is 6. The van der Waals surface area contributed by atoms with Crippen molar-refractivity contribution < 1.29 is 14.3 Å². The second kappa shape index (κ2) is 9.50. The van der Waals surface area contributed by atoms with Gasteiger partial charge in [0.15, 0.2) is 0 Å². The number of hydrogen-bond donors (Lipinski definition) is 1. The van der Waals surface area contributed by atoms with Gasteiger partial charge in [-0.15, -0.1) is 0 Å². The molecule has 1 aliphatic rings. The van der Waals surface area contributed by atoms with Crippen LogP contribution in [0.2, 0.25) is 0 Å². The fraction of sp³-hybridized carbons (Fsp3) is 0.480. The van der Waals surface area contributed by atoms with E-state index in [1.165, 1.54) is 0 Å². The van der Waals surface area contributed by atoms with Crippen LogP contribution in [0.3, 0.4) is 0 Å². The molecule has 6 heteroatoms. The number of anilines is 2. The Balaban J connectivity index is 1.72. The minimum Gasteiger partial charge on any atom is -0.457 e. The quantitative estimate of drug-likeness (QED) is 0.611. The van der Waals surface area contributed by atoms with Crippen molar-refractivity contribution in [3.63, 3.8) is 0 Å². The van der Waals surface area contributed by atoms with Crippen molar-refractivity contribution in [3.8, 4) is 11.5 Å². The molecule has 3 rings (SSSR count). The molecule has 0 aliphatic carbocycles. The number of nitrogens with two attached hydrogens (primary N) is 1. The zero-order valence-electron chi connectivity index (χ0n) is 19.4. The maximum absolute atomic E-state index is 12.3. The van der Waals surface area contributed by atoms with Crippen LogP contribution in [0.5, 0.6) is 11.5 Å². The minimum atomic E-state index is -0.491. The van der Waals surface area contributed by atoms with E-state index in [4.69, 9.17) is 15.2 Å². The van der Waals surface area contributed by atoms with E-state index in [0.29, 0.717) is 12.6 Å². The maximum Gasteiger partial charge on any atom is 0.410 e. The van der Waals surface area contributed by atoms with E-state index in [0.717, 1.165) is 54.2 Å². The highest BCUT2D eigenvalue weighted by Crippen LogP contribution is 2.40. The summed E-state index contributed by atoms with van der Waals surface area (Å²) in [5, 5.41) is 0. The minimum absolute atomic E-state index is 0.286. The second-order valence-corrected chi connectivity index (χ2v) is 9.22. The largest absolute Gasteiger partial charge is 0.457 e. The van der Waals surface area contributed by atoms with Crippen LogP contribution in [-0.2, 0) is 4.74 Å². The molecule has 0 radical (unpaired) electrons. The average molecular weight is 426 g/mol. The van der Waals surface area contributed by atoms with Crippen LogP contribution >= 0.6 is 0 Å². The molecule has 2 N–H and O–H groups in total. The van der Waals surface area contributed by atoms with E-state index in [1.807, 2.05) is 63.2 Å². The van der Waals surface area contributed by atoms with Gasteiger partial charge < -0.3 is 25.0 Å². The molecule has 1 atom stereocenters.